The van der Waals surface area contributed by atoms with Crippen LogP contribution in [0.25, 0.3) is 0 Å². The number of nitrogen functional groups attached to an aromatic ring is 1. The number of rotatable bonds is 4. The topological polar surface area (TPSA) is 49.5 Å². The highest BCUT2D eigenvalue weighted by atomic mass is 19.1. The lowest BCUT2D eigenvalue weighted by atomic mass is 10.2. The summed E-state index contributed by atoms with van der Waals surface area (Å²) in [6.07, 6.45) is 0. The van der Waals surface area contributed by atoms with Crippen LogP contribution in [0.15, 0.2) is 12.1 Å². The van der Waals surface area contributed by atoms with Crippen molar-refractivity contribution in [3.05, 3.63) is 23.8 Å². The third-order valence-electron chi connectivity index (χ3n) is 2.16. The molecule has 0 aliphatic rings. The first-order valence-corrected chi connectivity index (χ1v) is 4.70. The predicted octanol–water partition coefficient (Wildman–Crippen LogP) is 1.37. The lowest BCUT2D eigenvalue weighted by Crippen LogP contribution is -2.27. The first kappa shape index (κ1) is 11.7. The molecule has 0 spiro atoms. The normalized spacial score (nSPS) is 10.4. The molecule has 0 bridgehead atoms. The van der Waals surface area contributed by atoms with Crippen molar-refractivity contribution in [3.8, 4) is 0 Å². The van der Waals surface area contributed by atoms with Crippen LogP contribution in [0.4, 0.5) is 20.2 Å². The Bertz CT molecular complexity index is 344. The van der Waals surface area contributed by atoms with E-state index < -0.39 is 11.6 Å². The van der Waals surface area contributed by atoms with E-state index in [2.05, 4.69) is 0 Å². The number of hydrogen-bond donors (Lipinski definition) is 2. The molecule has 0 unspecified atom stereocenters. The molecule has 0 atom stereocenters. The fraction of sp³-hybridized carbons (Fsp3) is 0.400. The Morgan fingerprint density at radius 1 is 1.40 bits per heavy atom. The molecular formula is C10H14F2N2O. The van der Waals surface area contributed by atoms with Gasteiger partial charge in [0.05, 0.1) is 18.0 Å². The fourth-order valence-electron chi connectivity index (χ4n) is 1.40. The molecule has 0 aromatic heterocycles. The first-order valence-electron chi connectivity index (χ1n) is 4.70. The zero-order chi connectivity index (χ0) is 11.4. The maximum atomic E-state index is 13.1. The van der Waals surface area contributed by atoms with Crippen molar-refractivity contribution < 1.29 is 13.9 Å². The van der Waals surface area contributed by atoms with Crippen LogP contribution >= 0.6 is 0 Å². The summed E-state index contributed by atoms with van der Waals surface area (Å²) in [7, 11) is 0. The third kappa shape index (κ3) is 2.56. The average molecular weight is 216 g/mol. The lowest BCUT2D eigenvalue weighted by molar-refractivity contribution is 0.302. The third-order valence-corrected chi connectivity index (χ3v) is 2.16. The summed E-state index contributed by atoms with van der Waals surface area (Å²) in [6.45, 7) is 2.54. The summed E-state index contributed by atoms with van der Waals surface area (Å²) in [5.41, 5.74) is 5.68. The minimum absolute atomic E-state index is 0.0910. The predicted molar refractivity (Wildman–Crippen MR) is 55.7 cm³/mol. The average Bonchev–Trinajstić information content (AvgIpc) is 2.20. The Kier molecular flexibility index (Phi) is 3.85. The van der Waals surface area contributed by atoms with E-state index >= 15 is 0 Å². The number of nitrogens with two attached hydrogens (primary N) is 1. The molecule has 3 nitrogen and oxygen atoms in total. The number of anilines is 2. The molecule has 0 heterocycles. The van der Waals surface area contributed by atoms with Crippen molar-refractivity contribution in [1.29, 1.82) is 0 Å². The quantitative estimate of drug-likeness (QED) is 0.747. The molecule has 15 heavy (non-hydrogen) atoms. The minimum atomic E-state index is -0.776. The Morgan fingerprint density at radius 3 is 2.60 bits per heavy atom. The van der Waals surface area contributed by atoms with E-state index in [1.807, 2.05) is 6.92 Å². The number of nitrogens with zero attached hydrogens (tertiary/aromatic N) is 1. The van der Waals surface area contributed by atoms with Crippen molar-refractivity contribution in [2.45, 2.75) is 6.92 Å². The molecule has 0 fully saturated rings. The number of hydrogen-bond acceptors (Lipinski definition) is 3. The molecule has 5 heteroatoms. The fourth-order valence-corrected chi connectivity index (χ4v) is 1.40. The first-order chi connectivity index (χ1) is 7.10. The van der Waals surface area contributed by atoms with Gasteiger partial charge in [-0.3, -0.25) is 0 Å². The number of aliphatic hydroxyl groups is 1. The Morgan fingerprint density at radius 2 is 2.07 bits per heavy atom. The van der Waals surface area contributed by atoms with Crippen LogP contribution in [0, 0.1) is 11.6 Å². The smallest absolute Gasteiger partial charge is 0.151 e. The van der Waals surface area contributed by atoms with Gasteiger partial charge in [-0.1, -0.05) is 0 Å². The zero-order valence-electron chi connectivity index (χ0n) is 8.50. The van der Waals surface area contributed by atoms with Crippen LogP contribution in [0.2, 0.25) is 0 Å². The van der Waals surface area contributed by atoms with Crippen LogP contribution in [0.3, 0.4) is 0 Å². The molecule has 0 radical (unpaired) electrons. The van der Waals surface area contributed by atoms with Gasteiger partial charge in [0.15, 0.2) is 5.82 Å². The molecule has 0 aliphatic carbocycles. The monoisotopic (exact) mass is 216 g/mol. The summed E-state index contributed by atoms with van der Waals surface area (Å²) < 4.78 is 26.1. The lowest BCUT2D eigenvalue weighted by Gasteiger charge is -2.23. The van der Waals surface area contributed by atoms with Crippen molar-refractivity contribution in [1.82, 2.24) is 0 Å². The summed E-state index contributed by atoms with van der Waals surface area (Å²) in [5.74, 6) is -1.45. The van der Waals surface area contributed by atoms with E-state index in [1.54, 1.807) is 4.90 Å². The molecule has 0 saturated heterocycles. The van der Waals surface area contributed by atoms with E-state index in [-0.39, 0.29) is 18.0 Å². The molecule has 1 aromatic carbocycles. The molecular weight excluding hydrogens is 202 g/mol. The van der Waals surface area contributed by atoms with Crippen molar-refractivity contribution >= 4 is 11.4 Å². The van der Waals surface area contributed by atoms with Crippen LogP contribution in [-0.4, -0.2) is 24.8 Å². The summed E-state index contributed by atoms with van der Waals surface area (Å²) >= 11 is 0. The minimum Gasteiger partial charge on any atom is -0.395 e. The molecule has 1 aromatic rings. The van der Waals surface area contributed by atoms with Gasteiger partial charge in [0.2, 0.25) is 0 Å². The molecule has 3 N–H and O–H groups in total. The number of likely N-dealkylation sites (N-methyl/N-ethyl adjacent to an activating group) is 1. The summed E-state index contributed by atoms with van der Waals surface area (Å²) in [4.78, 5) is 1.61. The van der Waals surface area contributed by atoms with Gasteiger partial charge in [-0.15, -0.1) is 0 Å². The highest BCUT2D eigenvalue weighted by molar-refractivity contribution is 5.68. The van der Waals surface area contributed by atoms with E-state index in [1.165, 1.54) is 0 Å². The van der Waals surface area contributed by atoms with E-state index in [4.69, 9.17) is 10.8 Å². The number of benzene rings is 1. The molecule has 0 amide bonds. The molecule has 0 saturated carbocycles. The van der Waals surface area contributed by atoms with Crippen LogP contribution < -0.4 is 10.6 Å². The largest absolute Gasteiger partial charge is 0.395 e. The van der Waals surface area contributed by atoms with Crippen molar-refractivity contribution in [2.75, 3.05) is 30.3 Å². The van der Waals surface area contributed by atoms with Gasteiger partial charge in [-0.2, -0.15) is 0 Å². The number of halogens is 2. The Hall–Kier alpha value is -1.36. The van der Waals surface area contributed by atoms with Crippen LogP contribution in [0.5, 0.6) is 0 Å². The Labute approximate surface area is 87.1 Å². The van der Waals surface area contributed by atoms with Gasteiger partial charge >= 0.3 is 0 Å². The highest BCUT2D eigenvalue weighted by Gasteiger charge is 2.13. The zero-order valence-corrected chi connectivity index (χ0v) is 8.50. The van der Waals surface area contributed by atoms with Crippen LogP contribution in [-0.2, 0) is 0 Å². The van der Waals surface area contributed by atoms with Gasteiger partial charge in [0.1, 0.15) is 5.82 Å². The van der Waals surface area contributed by atoms with Gasteiger partial charge < -0.3 is 15.7 Å². The molecule has 1 rings (SSSR count). The second kappa shape index (κ2) is 4.93. The standard InChI is InChI=1S/C10H14F2N2O/c1-2-14(3-4-15)9-6-7(11)5-8(12)10(9)13/h5-6,15H,2-4,13H2,1H3. The van der Waals surface area contributed by atoms with Gasteiger partial charge in [-0.05, 0) is 13.0 Å². The van der Waals surface area contributed by atoms with Gasteiger partial charge in [0, 0.05) is 19.2 Å². The highest BCUT2D eigenvalue weighted by Crippen LogP contribution is 2.26. The maximum absolute atomic E-state index is 13.1. The molecule has 84 valence electrons. The SMILES string of the molecule is CCN(CCO)c1cc(F)cc(F)c1N. The second-order valence-corrected chi connectivity index (χ2v) is 3.12. The number of aliphatic hydroxyl groups excluding tert-OH is 1. The van der Waals surface area contributed by atoms with E-state index in [9.17, 15) is 8.78 Å². The Balaban J connectivity index is 3.10. The van der Waals surface area contributed by atoms with Crippen molar-refractivity contribution in [3.63, 3.8) is 0 Å². The maximum Gasteiger partial charge on any atom is 0.151 e. The van der Waals surface area contributed by atoms with Crippen LogP contribution in [0.1, 0.15) is 6.92 Å². The second-order valence-electron chi connectivity index (χ2n) is 3.12. The van der Waals surface area contributed by atoms with E-state index in [0.29, 0.717) is 13.1 Å². The summed E-state index contributed by atoms with van der Waals surface area (Å²) in [5, 5.41) is 8.79. The molecule has 0 aliphatic heterocycles. The van der Waals surface area contributed by atoms with Gasteiger partial charge in [-0.25, -0.2) is 8.78 Å². The van der Waals surface area contributed by atoms with Gasteiger partial charge in [0.25, 0.3) is 0 Å². The van der Waals surface area contributed by atoms with Crippen molar-refractivity contribution in [2.24, 2.45) is 0 Å². The van der Waals surface area contributed by atoms with E-state index in [0.717, 1.165) is 12.1 Å². The summed E-state index contributed by atoms with van der Waals surface area (Å²) in [6, 6.07) is 1.91.